The number of ether oxygens (including phenoxy) is 1. The molecular formula is C20H15ClN2O4. The van der Waals surface area contributed by atoms with Crippen LogP contribution in [0.4, 0.5) is 0 Å². The van der Waals surface area contributed by atoms with Crippen LogP contribution in [0.15, 0.2) is 42.5 Å². The second-order valence-electron chi connectivity index (χ2n) is 6.31. The quantitative estimate of drug-likeness (QED) is 0.743. The molecule has 0 saturated heterocycles. The zero-order valence-corrected chi connectivity index (χ0v) is 15.2. The van der Waals surface area contributed by atoms with Crippen molar-refractivity contribution in [3.63, 3.8) is 0 Å². The first-order valence-corrected chi connectivity index (χ1v) is 8.63. The fourth-order valence-electron chi connectivity index (χ4n) is 3.38. The van der Waals surface area contributed by atoms with E-state index in [2.05, 4.69) is 4.98 Å². The molecule has 2 aromatic carbocycles. The molecule has 1 aliphatic rings. The number of carbonyl (C=O) groups is 2. The van der Waals surface area contributed by atoms with Gasteiger partial charge in [-0.3, -0.25) is 4.79 Å². The van der Waals surface area contributed by atoms with Gasteiger partial charge in [0, 0.05) is 29.1 Å². The van der Waals surface area contributed by atoms with E-state index in [-0.39, 0.29) is 17.4 Å². The number of carboxylic acids is 1. The molecule has 6 nitrogen and oxygen atoms in total. The van der Waals surface area contributed by atoms with E-state index in [9.17, 15) is 14.7 Å². The second kappa shape index (κ2) is 6.55. The Morgan fingerprint density at radius 2 is 2.07 bits per heavy atom. The zero-order chi connectivity index (χ0) is 19.1. The van der Waals surface area contributed by atoms with Crippen LogP contribution >= 0.6 is 11.6 Å². The smallest absolute Gasteiger partial charge is 0.341 e. The summed E-state index contributed by atoms with van der Waals surface area (Å²) in [5.41, 5.74) is 2.93. The number of rotatable bonds is 4. The van der Waals surface area contributed by atoms with Gasteiger partial charge in [0.25, 0.3) is 5.91 Å². The Balaban J connectivity index is 1.78. The summed E-state index contributed by atoms with van der Waals surface area (Å²) in [6.07, 6.45) is 0. The van der Waals surface area contributed by atoms with E-state index in [1.807, 2.05) is 24.3 Å². The summed E-state index contributed by atoms with van der Waals surface area (Å²) in [5, 5.41) is 10.4. The molecule has 0 aliphatic carbocycles. The number of amides is 1. The van der Waals surface area contributed by atoms with E-state index >= 15 is 0 Å². The molecule has 0 radical (unpaired) electrons. The molecule has 1 amide bonds. The highest BCUT2D eigenvalue weighted by Crippen LogP contribution is 2.31. The van der Waals surface area contributed by atoms with Crippen LogP contribution in [0.2, 0.25) is 5.02 Å². The van der Waals surface area contributed by atoms with Crippen LogP contribution < -0.4 is 4.74 Å². The number of hydrogen-bond acceptors (Lipinski definition) is 4. The van der Waals surface area contributed by atoms with Gasteiger partial charge < -0.3 is 14.7 Å². The van der Waals surface area contributed by atoms with E-state index in [1.54, 1.807) is 17.0 Å². The van der Waals surface area contributed by atoms with Crippen molar-refractivity contribution in [3.05, 3.63) is 69.7 Å². The largest absolute Gasteiger partial charge is 0.480 e. The average Bonchev–Trinajstić information content (AvgIpc) is 2.96. The van der Waals surface area contributed by atoms with Crippen LogP contribution in [0.25, 0.3) is 10.9 Å². The number of aromatic carboxylic acids is 1. The zero-order valence-electron chi connectivity index (χ0n) is 14.4. The number of fused-ring (bicyclic) bond motifs is 2. The minimum Gasteiger partial charge on any atom is -0.480 e. The van der Waals surface area contributed by atoms with Crippen molar-refractivity contribution in [1.29, 1.82) is 0 Å². The highest BCUT2D eigenvalue weighted by atomic mass is 35.5. The number of nitrogens with zero attached hydrogens (tertiary/aromatic N) is 2. The Bertz CT molecular complexity index is 1100. The third kappa shape index (κ3) is 2.98. The molecule has 1 aromatic heterocycles. The molecule has 0 atom stereocenters. The predicted molar refractivity (Wildman–Crippen MR) is 100 cm³/mol. The maximum atomic E-state index is 12.7. The van der Waals surface area contributed by atoms with Gasteiger partial charge in [-0.2, -0.15) is 0 Å². The average molecular weight is 383 g/mol. The molecule has 2 heterocycles. The Kier molecular flexibility index (Phi) is 4.20. The van der Waals surface area contributed by atoms with Crippen molar-refractivity contribution in [3.8, 4) is 5.88 Å². The summed E-state index contributed by atoms with van der Waals surface area (Å²) >= 11 is 6.23. The molecular weight excluding hydrogens is 368 g/mol. The first-order chi connectivity index (χ1) is 13.0. The van der Waals surface area contributed by atoms with E-state index in [1.165, 1.54) is 13.2 Å². The number of benzene rings is 2. The van der Waals surface area contributed by atoms with E-state index in [0.717, 1.165) is 11.1 Å². The monoisotopic (exact) mass is 382 g/mol. The summed E-state index contributed by atoms with van der Waals surface area (Å²) in [4.78, 5) is 30.2. The number of carbonyl (C=O) groups excluding carboxylic acids is 1. The third-order valence-corrected chi connectivity index (χ3v) is 4.83. The summed E-state index contributed by atoms with van der Waals surface area (Å²) in [7, 11) is 1.37. The Hall–Kier alpha value is -3.12. The summed E-state index contributed by atoms with van der Waals surface area (Å²) in [5.74, 6) is -1.16. The molecule has 136 valence electrons. The Morgan fingerprint density at radius 3 is 2.78 bits per heavy atom. The molecule has 3 aromatic rings. The van der Waals surface area contributed by atoms with Crippen molar-refractivity contribution < 1.29 is 19.4 Å². The first kappa shape index (κ1) is 17.3. The number of pyridine rings is 1. The minimum absolute atomic E-state index is 0.0228. The van der Waals surface area contributed by atoms with Crippen molar-refractivity contribution in [1.82, 2.24) is 9.88 Å². The number of methoxy groups -OCH3 is 1. The fourth-order valence-corrected chi connectivity index (χ4v) is 3.63. The maximum Gasteiger partial charge on any atom is 0.341 e. The van der Waals surface area contributed by atoms with Crippen molar-refractivity contribution in [2.45, 2.75) is 13.1 Å². The van der Waals surface area contributed by atoms with Crippen molar-refractivity contribution >= 4 is 34.4 Å². The van der Waals surface area contributed by atoms with E-state index in [4.69, 9.17) is 16.3 Å². The first-order valence-electron chi connectivity index (χ1n) is 8.25. The molecule has 0 bridgehead atoms. The highest BCUT2D eigenvalue weighted by Gasteiger charge is 2.27. The van der Waals surface area contributed by atoms with Gasteiger partial charge in [0.15, 0.2) is 0 Å². The van der Waals surface area contributed by atoms with Gasteiger partial charge in [-0.05, 0) is 35.4 Å². The van der Waals surface area contributed by atoms with Crippen LogP contribution in [-0.4, -0.2) is 34.0 Å². The molecule has 0 spiro atoms. The highest BCUT2D eigenvalue weighted by molar-refractivity contribution is 6.31. The van der Waals surface area contributed by atoms with Crippen molar-refractivity contribution in [2.24, 2.45) is 0 Å². The lowest BCUT2D eigenvalue weighted by atomic mass is 10.1. The van der Waals surface area contributed by atoms with Crippen LogP contribution in [-0.2, 0) is 13.1 Å². The molecule has 7 heteroatoms. The van der Waals surface area contributed by atoms with Gasteiger partial charge in [-0.15, -0.1) is 0 Å². The SMILES string of the molecule is COc1nc2c(CN3Cc4ccccc4C3=O)cc(Cl)cc2cc1C(=O)O. The molecule has 1 aliphatic heterocycles. The lowest BCUT2D eigenvalue weighted by molar-refractivity contribution is 0.0692. The van der Waals surface area contributed by atoms with E-state index in [0.29, 0.717) is 34.6 Å². The standard InChI is InChI=1S/C20H15ClN2O4/c1-27-18-16(20(25)26)8-12-6-14(21)7-13(17(12)22-18)10-23-9-11-4-2-3-5-15(11)19(23)24/h2-8H,9-10H2,1H3,(H,25,26). The van der Waals surface area contributed by atoms with Crippen LogP contribution in [0.3, 0.4) is 0 Å². The molecule has 4 rings (SSSR count). The van der Waals surface area contributed by atoms with Gasteiger partial charge in [0.05, 0.1) is 12.6 Å². The minimum atomic E-state index is -1.13. The van der Waals surface area contributed by atoms with Gasteiger partial charge >= 0.3 is 5.97 Å². The van der Waals surface area contributed by atoms with Crippen LogP contribution in [0.5, 0.6) is 5.88 Å². The van der Waals surface area contributed by atoms with Gasteiger partial charge in [0.2, 0.25) is 5.88 Å². The topological polar surface area (TPSA) is 79.7 Å². The van der Waals surface area contributed by atoms with E-state index < -0.39 is 5.97 Å². The molecule has 0 saturated carbocycles. The third-order valence-electron chi connectivity index (χ3n) is 4.61. The summed E-state index contributed by atoms with van der Waals surface area (Å²) in [6.45, 7) is 0.820. The van der Waals surface area contributed by atoms with Gasteiger partial charge in [-0.1, -0.05) is 29.8 Å². The lowest BCUT2D eigenvalue weighted by Gasteiger charge is -2.18. The molecule has 0 unspecified atom stereocenters. The molecule has 0 fully saturated rings. The number of halogens is 1. The number of hydrogen-bond donors (Lipinski definition) is 1. The van der Waals surface area contributed by atoms with Crippen LogP contribution in [0.1, 0.15) is 31.8 Å². The van der Waals surface area contributed by atoms with Crippen LogP contribution in [0, 0.1) is 0 Å². The Labute approximate surface area is 160 Å². The normalized spacial score (nSPS) is 13.1. The Morgan fingerprint density at radius 1 is 1.30 bits per heavy atom. The predicted octanol–water partition coefficient (Wildman–Crippen LogP) is 3.75. The summed E-state index contributed by atoms with van der Waals surface area (Å²) in [6, 6.07) is 12.4. The summed E-state index contributed by atoms with van der Waals surface area (Å²) < 4.78 is 5.14. The molecule has 1 N–H and O–H groups in total. The van der Waals surface area contributed by atoms with Gasteiger partial charge in [0.1, 0.15) is 5.56 Å². The lowest BCUT2D eigenvalue weighted by Crippen LogP contribution is -2.23. The number of carboxylic acid groups (broad SMARTS) is 1. The molecule has 27 heavy (non-hydrogen) atoms. The van der Waals surface area contributed by atoms with Crippen molar-refractivity contribution in [2.75, 3.05) is 7.11 Å². The maximum absolute atomic E-state index is 12.7. The fraction of sp³-hybridized carbons (Fsp3) is 0.150. The number of aromatic nitrogens is 1. The van der Waals surface area contributed by atoms with Gasteiger partial charge in [-0.25, -0.2) is 9.78 Å². The second-order valence-corrected chi connectivity index (χ2v) is 6.74.